The van der Waals surface area contributed by atoms with E-state index in [4.69, 9.17) is 0 Å². The van der Waals surface area contributed by atoms with Gasteiger partial charge in [0, 0.05) is 17.9 Å². The van der Waals surface area contributed by atoms with Gasteiger partial charge in [-0.15, -0.1) is 0 Å². The molecule has 1 saturated carbocycles. The maximum atomic E-state index is 12.9. The monoisotopic (exact) mass is 380 g/mol. The lowest BCUT2D eigenvalue weighted by atomic mass is 9.83. The summed E-state index contributed by atoms with van der Waals surface area (Å²) in [5.74, 6) is -4.84. The number of carboxylic acids is 1. The molecule has 7 nitrogen and oxygen atoms in total. The van der Waals surface area contributed by atoms with Crippen molar-refractivity contribution in [2.24, 2.45) is 22.7 Å². The van der Waals surface area contributed by atoms with E-state index < -0.39 is 48.1 Å². The third-order valence-corrected chi connectivity index (χ3v) is 5.71. The molecule has 3 N–H and O–H groups in total. The van der Waals surface area contributed by atoms with Crippen LogP contribution in [0.1, 0.15) is 27.7 Å². The van der Waals surface area contributed by atoms with E-state index >= 15 is 0 Å². The predicted octanol–water partition coefficient (Wildman–Crippen LogP) is 0.620. The third kappa shape index (κ3) is 3.26. The Morgan fingerprint density at radius 2 is 1.81 bits per heavy atom. The Bertz CT molecular complexity index is 632. The molecular formula is C16H23F3N2O5. The van der Waals surface area contributed by atoms with Crippen molar-refractivity contribution in [3.05, 3.63) is 0 Å². The Morgan fingerprint density at radius 3 is 2.23 bits per heavy atom. The number of halogens is 3. The fraction of sp³-hybridized carbons (Fsp3) is 0.812. The highest BCUT2D eigenvalue weighted by molar-refractivity contribution is 5.93. The Balaban J connectivity index is 2.30. The first kappa shape index (κ1) is 20.5. The molecule has 148 valence electrons. The summed E-state index contributed by atoms with van der Waals surface area (Å²) in [4.78, 5) is 36.9. The number of nitrogens with zero attached hydrogens (tertiary/aromatic N) is 1. The van der Waals surface area contributed by atoms with Gasteiger partial charge in [-0.2, -0.15) is 13.2 Å². The number of fused-ring (bicyclic) bond motifs is 1. The number of nitrogens with one attached hydrogen (secondary N) is 1. The molecule has 0 aromatic heterocycles. The molecule has 0 bridgehead atoms. The minimum Gasteiger partial charge on any atom is -0.480 e. The summed E-state index contributed by atoms with van der Waals surface area (Å²) < 4.78 is 37.9. The van der Waals surface area contributed by atoms with Gasteiger partial charge in [0.05, 0.1) is 6.61 Å². The summed E-state index contributed by atoms with van der Waals surface area (Å²) in [6, 6.07) is -2.87. The van der Waals surface area contributed by atoms with Crippen LogP contribution in [0.25, 0.3) is 0 Å². The van der Waals surface area contributed by atoms with Crippen molar-refractivity contribution in [3.8, 4) is 0 Å². The predicted molar refractivity (Wildman–Crippen MR) is 82.8 cm³/mol. The first-order valence-corrected chi connectivity index (χ1v) is 8.18. The second-order valence-corrected chi connectivity index (χ2v) is 8.28. The van der Waals surface area contributed by atoms with E-state index in [0.29, 0.717) is 0 Å². The van der Waals surface area contributed by atoms with Crippen LogP contribution in [-0.2, 0) is 14.4 Å². The van der Waals surface area contributed by atoms with Gasteiger partial charge in [-0.25, -0.2) is 4.79 Å². The molecule has 2 aliphatic rings. The van der Waals surface area contributed by atoms with Gasteiger partial charge in [-0.05, 0) is 11.3 Å². The van der Waals surface area contributed by atoms with Crippen LogP contribution in [0.2, 0.25) is 0 Å². The van der Waals surface area contributed by atoms with Crippen molar-refractivity contribution >= 4 is 17.8 Å². The summed E-state index contributed by atoms with van der Waals surface area (Å²) in [6.45, 7) is 5.81. The molecule has 10 heteroatoms. The number of hydrogen-bond donors (Lipinski definition) is 3. The van der Waals surface area contributed by atoms with Crippen LogP contribution in [0.3, 0.4) is 0 Å². The minimum absolute atomic E-state index is 0.0660. The average molecular weight is 380 g/mol. The van der Waals surface area contributed by atoms with Crippen LogP contribution < -0.4 is 5.32 Å². The van der Waals surface area contributed by atoms with Crippen molar-refractivity contribution < 1.29 is 37.8 Å². The second kappa shape index (κ2) is 6.11. The molecule has 0 radical (unpaired) electrons. The zero-order valence-corrected chi connectivity index (χ0v) is 14.9. The lowest BCUT2D eigenvalue weighted by molar-refractivity contribution is -0.176. The van der Waals surface area contributed by atoms with Gasteiger partial charge in [-0.3, -0.25) is 9.59 Å². The zero-order chi connectivity index (χ0) is 20.2. The molecule has 2 amide bonds. The molecule has 1 heterocycles. The van der Waals surface area contributed by atoms with Crippen molar-refractivity contribution in [2.75, 3.05) is 13.2 Å². The van der Waals surface area contributed by atoms with Crippen LogP contribution in [-0.4, -0.2) is 64.3 Å². The Labute approximate surface area is 148 Å². The van der Waals surface area contributed by atoms with Gasteiger partial charge in [0.25, 0.3) is 0 Å². The van der Waals surface area contributed by atoms with Crippen LogP contribution in [0.5, 0.6) is 0 Å². The maximum absolute atomic E-state index is 12.9. The fourth-order valence-corrected chi connectivity index (χ4v) is 3.86. The van der Waals surface area contributed by atoms with Gasteiger partial charge in [0.1, 0.15) is 12.1 Å². The summed E-state index contributed by atoms with van der Waals surface area (Å²) in [6.07, 6.45) is -5.20. The van der Waals surface area contributed by atoms with Crippen LogP contribution in [0.4, 0.5) is 13.2 Å². The summed E-state index contributed by atoms with van der Waals surface area (Å²) in [7, 11) is 0. The molecular weight excluding hydrogens is 357 g/mol. The molecule has 1 aliphatic heterocycles. The fourth-order valence-electron chi connectivity index (χ4n) is 3.86. The topological polar surface area (TPSA) is 107 Å². The van der Waals surface area contributed by atoms with E-state index in [2.05, 4.69) is 0 Å². The molecule has 26 heavy (non-hydrogen) atoms. The number of hydrogen-bond acceptors (Lipinski definition) is 4. The normalized spacial score (nSPS) is 28.3. The largest absolute Gasteiger partial charge is 0.480 e. The Morgan fingerprint density at radius 1 is 1.27 bits per heavy atom. The zero-order valence-electron chi connectivity index (χ0n) is 14.9. The lowest BCUT2D eigenvalue weighted by Crippen LogP contribution is -2.61. The number of carbonyl (C=O) groups excluding carboxylic acids is 2. The highest BCUT2D eigenvalue weighted by Crippen LogP contribution is 2.65. The van der Waals surface area contributed by atoms with Gasteiger partial charge in [0.2, 0.25) is 5.91 Å². The maximum Gasteiger partial charge on any atom is 0.471 e. The first-order valence-electron chi connectivity index (χ1n) is 8.18. The van der Waals surface area contributed by atoms with Crippen molar-refractivity contribution in [1.29, 1.82) is 0 Å². The van der Waals surface area contributed by atoms with E-state index in [1.54, 1.807) is 5.32 Å². The number of alkyl halides is 3. The van der Waals surface area contributed by atoms with E-state index in [1.165, 1.54) is 13.8 Å². The molecule has 0 spiro atoms. The molecule has 2 fully saturated rings. The van der Waals surface area contributed by atoms with E-state index in [9.17, 15) is 37.8 Å². The van der Waals surface area contributed by atoms with Crippen molar-refractivity contribution in [1.82, 2.24) is 10.2 Å². The Hall–Kier alpha value is -1.84. The molecule has 1 saturated heterocycles. The molecule has 4 atom stereocenters. The number of carboxylic acid groups (broad SMARTS) is 1. The van der Waals surface area contributed by atoms with Gasteiger partial charge in [0.15, 0.2) is 0 Å². The van der Waals surface area contributed by atoms with Gasteiger partial charge < -0.3 is 20.4 Å². The molecule has 1 aliphatic carbocycles. The molecule has 2 rings (SSSR count). The first-order chi connectivity index (χ1) is 11.7. The number of aliphatic carboxylic acids is 1. The minimum atomic E-state index is -5.20. The SMILES string of the molecule is CC(C)(CO)C(NC(=O)C(F)(F)F)C(=O)N1C[C@H]2[C@@H]([C@H]1C(=O)O)C2(C)C. The van der Waals surface area contributed by atoms with E-state index in [0.717, 1.165) is 4.90 Å². The standard InChI is InChI=1S/C16H23F3N2O5/c1-14(2,6-22)10(20-13(26)16(17,18)19)11(23)21-5-7-8(15(7,3)4)9(21)12(24)25/h7-10,22H,5-6H2,1-4H3,(H,20,26)(H,24,25)/t7-,8-,9-,10?/m0/s1. The second-order valence-electron chi connectivity index (χ2n) is 8.28. The number of aliphatic hydroxyl groups excluding tert-OH is 1. The summed E-state index contributed by atoms with van der Waals surface area (Å²) in [5, 5.41) is 20.6. The van der Waals surface area contributed by atoms with Crippen LogP contribution in [0, 0.1) is 22.7 Å². The summed E-state index contributed by atoms with van der Waals surface area (Å²) in [5.41, 5.74) is -1.68. The Kier molecular flexibility index (Phi) is 4.81. The van der Waals surface area contributed by atoms with Crippen molar-refractivity contribution in [3.63, 3.8) is 0 Å². The molecule has 1 unspecified atom stereocenters. The number of likely N-dealkylation sites (tertiary alicyclic amines) is 1. The lowest BCUT2D eigenvalue weighted by Gasteiger charge is -2.37. The van der Waals surface area contributed by atoms with Crippen LogP contribution >= 0.6 is 0 Å². The highest BCUT2D eigenvalue weighted by Gasteiger charge is 2.70. The number of rotatable bonds is 5. The van der Waals surface area contributed by atoms with Gasteiger partial charge >= 0.3 is 18.1 Å². The van der Waals surface area contributed by atoms with Crippen LogP contribution in [0.15, 0.2) is 0 Å². The highest BCUT2D eigenvalue weighted by atomic mass is 19.4. The smallest absolute Gasteiger partial charge is 0.471 e. The third-order valence-electron chi connectivity index (χ3n) is 5.71. The quantitative estimate of drug-likeness (QED) is 0.648. The number of amides is 2. The number of aliphatic hydroxyl groups is 1. The van der Waals surface area contributed by atoms with E-state index in [-0.39, 0.29) is 23.8 Å². The molecule has 0 aromatic carbocycles. The van der Waals surface area contributed by atoms with E-state index in [1.807, 2.05) is 13.8 Å². The average Bonchev–Trinajstić information content (AvgIpc) is 2.87. The number of piperidine rings is 1. The molecule has 0 aromatic rings. The number of carbonyl (C=O) groups is 3. The summed E-state index contributed by atoms with van der Waals surface area (Å²) >= 11 is 0. The van der Waals surface area contributed by atoms with Crippen molar-refractivity contribution in [2.45, 2.75) is 46.0 Å². The van der Waals surface area contributed by atoms with Gasteiger partial charge in [-0.1, -0.05) is 27.7 Å².